The van der Waals surface area contributed by atoms with E-state index in [0.717, 1.165) is 11.1 Å². The molecule has 0 radical (unpaired) electrons. The van der Waals surface area contributed by atoms with E-state index in [4.69, 9.17) is 0 Å². The Balaban J connectivity index is 2.89. The first-order chi connectivity index (χ1) is 6.88. The van der Waals surface area contributed by atoms with Gasteiger partial charge in [0, 0.05) is 11.1 Å². The Bertz CT molecular complexity index is 413. The van der Waals surface area contributed by atoms with Crippen molar-refractivity contribution in [3.05, 3.63) is 35.4 Å². The molecular weight excluding hydrogens is 200 g/mol. The Morgan fingerprint density at radius 1 is 1.13 bits per heavy atom. The Labute approximate surface area is 92.5 Å². The lowest BCUT2D eigenvalue weighted by Gasteiger charge is -2.03. The molecule has 1 rings (SSSR count). The van der Waals surface area contributed by atoms with Gasteiger partial charge in [0.25, 0.3) is 0 Å². The Morgan fingerprint density at radius 2 is 1.67 bits per heavy atom. The van der Waals surface area contributed by atoms with Gasteiger partial charge in [0.1, 0.15) is 8.07 Å². The molecule has 0 unspecified atom stereocenters. The van der Waals surface area contributed by atoms with Gasteiger partial charge >= 0.3 is 0 Å². The van der Waals surface area contributed by atoms with E-state index >= 15 is 0 Å². The number of hydrogen-bond donors (Lipinski definition) is 0. The van der Waals surface area contributed by atoms with Crippen LogP contribution >= 0.6 is 0 Å². The third-order valence-corrected chi connectivity index (χ3v) is 2.75. The van der Waals surface area contributed by atoms with Gasteiger partial charge in [0.15, 0.2) is 5.78 Å². The van der Waals surface area contributed by atoms with Crippen molar-refractivity contribution in [1.82, 2.24) is 0 Å². The van der Waals surface area contributed by atoms with Gasteiger partial charge in [0.05, 0.1) is 0 Å². The third-order valence-electron chi connectivity index (χ3n) is 1.87. The quantitative estimate of drug-likeness (QED) is 0.400. The summed E-state index contributed by atoms with van der Waals surface area (Å²) in [6, 6.07) is 7.47. The van der Waals surface area contributed by atoms with Gasteiger partial charge in [-0.05, 0) is 19.1 Å². The van der Waals surface area contributed by atoms with Crippen LogP contribution in [0.25, 0.3) is 0 Å². The van der Waals surface area contributed by atoms with Crippen LogP contribution in [0.2, 0.25) is 19.6 Å². The second-order valence-electron chi connectivity index (χ2n) is 4.63. The Morgan fingerprint density at radius 3 is 2.07 bits per heavy atom. The molecule has 15 heavy (non-hydrogen) atoms. The molecule has 1 aromatic carbocycles. The van der Waals surface area contributed by atoms with Gasteiger partial charge in [-0.15, -0.1) is 5.54 Å². The number of carbonyl (C=O) groups is 1. The van der Waals surface area contributed by atoms with Crippen molar-refractivity contribution in [2.75, 3.05) is 0 Å². The van der Waals surface area contributed by atoms with Crippen molar-refractivity contribution in [1.29, 1.82) is 0 Å². The SMILES string of the molecule is CC(=O)c1ccc(C#C[Si](C)(C)C)cc1. The van der Waals surface area contributed by atoms with Crippen LogP contribution in [0.3, 0.4) is 0 Å². The summed E-state index contributed by atoms with van der Waals surface area (Å²) in [6.45, 7) is 8.21. The molecule has 0 saturated heterocycles. The predicted octanol–water partition coefficient (Wildman–Crippen LogP) is 3.12. The van der Waals surface area contributed by atoms with Crippen LogP contribution in [0, 0.1) is 11.5 Å². The van der Waals surface area contributed by atoms with E-state index < -0.39 is 8.07 Å². The minimum Gasteiger partial charge on any atom is -0.295 e. The van der Waals surface area contributed by atoms with E-state index in [1.54, 1.807) is 6.92 Å². The molecule has 78 valence electrons. The van der Waals surface area contributed by atoms with Crippen LogP contribution in [0.15, 0.2) is 24.3 Å². The maximum Gasteiger partial charge on any atom is 0.159 e. The van der Waals surface area contributed by atoms with Gasteiger partial charge < -0.3 is 0 Å². The summed E-state index contributed by atoms with van der Waals surface area (Å²) in [5.41, 5.74) is 5.02. The lowest BCUT2D eigenvalue weighted by molar-refractivity contribution is 0.101. The molecule has 0 spiro atoms. The Hall–Kier alpha value is -1.33. The van der Waals surface area contributed by atoms with Crippen molar-refractivity contribution in [2.24, 2.45) is 0 Å². The number of carbonyl (C=O) groups excluding carboxylic acids is 1. The van der Waals surface area contributed by atoms with Crippen LogP contribution in [0.1, 0.15) is 22.8 Å². The molecular formula is C13H16OSi. The first kappa shape index (κ1) is 11.7. The van der Waals surface area contributed by atoms with E-state index in [1.807, 2.05) is 24.3 Å². The zero-order valence-corrected chi connectivity index (χ0v) is 10.7. The molecule has 0 heterocycles. The number of ketones is 1. The molecule has 0 N–H and O–H groups in total. The monoisotopic (exact) mass is 216 g/mol. The molecule has 0 saturated carbocycles. The number of benzene rings is 1. The van der Waals surface area contributed by atoms with E-state index in [9.17, 15) is 4.79 Å². The molecule has 1 nitrogen and oxygen atoms in total. The number of hydrogen-bond acceptors (Lipinski definition) is 1. The largest absolute Gasteiger partial charge is 0.295 e. The first-order valence-corrected chi connectivity index (χ1v) is 8.53. The van der Waals surface area contributed by atoms with Crippen molar-refractivity contribution >= 4 is 13.9 Å². The topological polar surface area (TPSA) is 17.1 Å². The summed E-state index contributed by atoms with van der Waals surface area (Å²) in [5.74, 6) is 3.25. The van der Waals surface area contributed by atoms with E-state index in [-0.39, 0.29) is 5.78 Å². The summed E-state index contributed by atoms with van der Waals surface area (Å²) in [7, 11) is -1.30. The smallest absolute Gasteiger partial charge is 0.159 e. The fourth-order valence-electron chi connectivity index (χ4n) is 1.05. The average molecular weight is 216 g/mol. The fraction of sp³-hybridized carbons (Fsp3) is 0.308. The second-order valence-corrected chi connectivity index (χ2v) is 9.38. The van der Waals surface area contributed by atoms with Crippen molar-refractivity contribution in [2.45, 2.75) is 26.6 Å². The fourth-order valence-corrected chi connectivity index (χ4v) is 1.57. The lowest BCUT2D eigenvalue weighted by Crippen LogP contribution is -2.16. The molecule has 1 aromatic rings. The molecule has 0 atom stereocenters. The predicted molar refractivity (Wildman–Crippen MR) is 66.7 cm³/mol. The molecule has 0 aliphatic rings. The first-order valence-electron chi connectivity index (χ1n) is 5.03. The molecule has 0 aliphatic heterocycles. The third kappa shape index (κ3) is 4.14. The Kier molecular flexibility index (Phi) is 3.49. The summed E-state index contributed by atoms with van der Waals surface area (Å²) in [6.07, 6.45) is 0. The highest BCUT2D eigenvalue weighted by molar-refractivity contribution is 6.83. The average Bonchev–Trinajstić information content (AvgIpc) is 2.14. The molecule has 0 aromatic heterocycles. The van der Waals surface area contributed by atoms with Gasteiger partial charge in [-0.2, -0.15) is 0 Å². The summed E-state index contributed by atoms with van der Waals surface area (Å²) < 4.78 is 0. The summed E-state index contributed by atoms with van der Waals surface area (Å²) in [5, 5.41) is 0. The zero-order chi connectivity index (χ0) is 11.5. The van der Waals surface area contributed by atoms with Crippen molar-refractivity contribution < 1.29 is 4.79 Å². The van der Waals surface area contributed by atoms with Gasteiger partial charge in [-0.1, -0.05) is 37.7 Å². The van der Waals surface area contributed by atoms with Crippen LogP contribution in [0.4, 0.5) is 0 Å². The van der Waals surface area contributed by atoms with Gasteiger partial charge in [-0.25, -0.2) is 0 Å². The van der Waals surface area contributed by atoms with Crippen LogP contribution in [-0.4, -0.2) is 13.9 Å². The van der Waals surface area contributed by atoms with Crippen molar-refractivity contribution in [3.63, 3.8) is 0 Å². The maximum atomic E-state index is 11.0. The number of Topliss-reactive ketones (excluding diaryl/α,β-unsaturated/α-hetero) is 1. The van der Waals surface area contributed by atoms with Crippen LogP contribution in [0.5, 0.6) is 0 Å². The van der Waals surface area contributed by atoms with Gasteiger partial charge in [-0.3, -0.25) is 4.79 Å². The lowest BCUT2D eigenvalue weighted by atomic mass is 10.1. The summed E-state index contributed by atoms with van der Waals surface area (Å²) >= 11 is 0. The minimum atomic E-state index is -1.30. The highest BCUT2D eigenvalue weighted by atomic mass is 28.3. The standard InChI is InChI=1S/C13H16OSi/c1-11(14)13-7-5-12(6-8-13)9-10-15(2,3)4/h5-8H,1-4H3. The molecule has 0 bridgehead atoms. The van der Waals surface area contributed by atoms with Crippen LogP contribution < -0.4 is 0 Å². The second kappa shape index (κ2) is 4.46. The van der Waals surface area contributed by atoms with E-state index in [2.05, 4.69) is 31.1 Å². The molecule has 2 heteroatoms. The highest BCUT2D eigenvalue weighted by Crippen LogP contribution is 2.05. The zero-order valence-electron chi connectivity index (χ0n) is 9.72. The maximum absolute atomic E-state index is 11.0. The minimum absolute atomic E-state index is 0.0969. The molecule has 0 fully saturated rings. The molecule has 0 amide bonds. The highest BCUT2D eigenvalue weighted by Gasteiger charge is 2.07. The van der Waals surface area contributed by atoms with E-state index in [0.29, 0.717) is 0 Å². The van der Waals surface area contributed by atoms with Crippen molar-refractivity contribution in [3.8, 4) is 11.5 Å². The van der Waals surface area contributed by atoms with Crippen LogP contribution in [-0.2, 0) is 0 Å². The van der Waals surface area contributed by atoms with E-state index in [1.165, 1.54) is 0 Å². The summed E-state index contributed by atoms with van der Waals surface area (Å²) in [4.78, 5) is 11.0. The number of rotatable bonds is 1. The molecule has 0 aliphatic carbocycles. The van der Waals surface area contributed by atoms with Gasteiger partial charge in [0.2, 0.25) is 0 Å². The normalized spacial score (nSPS) is 10.4.